The second-order valence-electron chi connectivity index (χ2n) is 9.88. The zero-order valence-electron chi connectivity index (χ0n) is 20.2. The van der Waals surface area contributed by atoms with Gasteiger partial charge in [-0.05, 0) is 68.4 Å². The first-order chi connectivity index (χ1) is 17.5. The van der Waals surface area contributed by atoms with Crippen molar-refractivity contribution in [2.24, 2.45) is 0 Å². The SMILES string of the molecule is COc1ccc2nccc(CC[C@]3(O)CC[C@]4(CC3)CN(c3ccc5c(c3)OCCO5)C(=O)O4)c2n1. The van der Waals surface area contributed by atoms with Crippen LogP contribution in [0.3, 0.4) is 0 Å². The molecule has 2 fully saturated rings. The maximum absolute atomic E-state index is 12.8. The van der Waals surface area contributed by atoms with Crippen molar-refractivity contribution in [3.63, 3.8) is 0 Å². The molecule has 36 heavy (non-hydrogen) atoms. The fraction of sp³-hybridized carbons (Fsp3) is 0.444. The molecule has 2 aliphatic heterocycles. The summed E-state index contributed by atoms with van der Waals surface area (Å²) in [6.45, 7) is 1.47. The summed E-state index contributed by atoms with van der Waals surface area (Å²) < 4.78 is 22.5. The summed E-state index contributed by atoms with van der Waals surface area (Å²) in [5.74, 6) is 1.87. The number of aromatic nitrogens is 2. The van der Waals surface area contributed by atoms with Crippen molar-refractivity contribution in [3.8, 4) is 17.4 Å². The van der Waals surface area contributed by atoms with E-state index in [1.165, 1.54) is 0 Å². The Hall–Kier alpha value is -3.59. The number of carbonyl (C=O) groups excluding carboxylic acids is 1. The van der Waals surface area contributed by atoms with E-state index in [2.05, 4.69) is 9.97 Å². The van der Waals surface area contributed by atoms with Gasteiger partial charge in [0, 0.05) is 18.3 Å². The molecule has 0 atom stereocenters. The Labute approximate surface area is 209 Å². The summed E-state index contributed by atoms with van der Waals surface area (Å²) in [6, 6.07) is 11.2. The van der Waals surface area contributed by atoms with E-state index in [9.17, 15) is 9.90 Å². The summed E-state index contributed by atoms with van der Waals surface area (Å²) in [5, 5.41) is 11.4. The van der Waals surface area contributed by atoms with Gasteiger partial charge >= 0.3 is 6.09 Å². The van der Waals surface area contributed by atoms with Crippen LogP contribution in [0.1, 0.15) is 37.7 Å². The molecule has 188 valence electrons. The number of amides is 1. The molecule has 9 nitrogen and oxygen atoms in total. The van der Waals surface area contributed by atoms with Crippen molar-refractivity contribution in [2.75, 3.05) is 31.8 Å². The van der Waals surface area contributed by atoms with Crippen LogP contribution in [0, 0.1) is 0 Å². The van der Waals surface area contributed by atoms with Crippen LogP contribution in [0.5, 0.6) is 17.4 Å². The van der Waals surface area contributed by atoms with Crippen LogP contribution in [0.2, 0.25) is 0 Å². The van der Waals surface area contributed by atoms with Crippen molar-refractivity contribution in [1.29, 1.82) is 0 Å². The Morgan fingerprint density at radius 3 is 2.67 bits per heavy atom. The number of aliphatic hydroxyl groups is 1. The molecule has 1 N–H and O–H groups in total. The van der Waals surface area contributed by atoms with Gasteiger partial charge in [-0.25, -0.2) is 9.78 Å². The predicted octanol–water partition coefficient (Wildman–Crippen LogP) is 4.04. The topological polar surface area (TPSA) is 103 Å². The minimum absolute atomic E-state index is 0.361. The molecule has 2 aromatic heterocycles. The van der Waals surface area contributed by atoms with Crippen LogP contribution in [0.15, 0.2) is 42.6 Å². The molecule has 4 heterocycles. The molecule has 0 radical (unpaired) electrons. The van der Waals surface area contributed by atoms with Crippen molar-refractivity contribution in [2.45, 2.75) is 49.7 Å². The van der Waals surface area contributed by atoms with Crippen LogP contribution in [0.25, 0.3) is 11.0 Å². The fourth-order valence-electron chi connectivity index (χ4n) is 5.45. The Balaban J connectivity index is 1.12. The van der Waals surface area contributed by atoms with Crippen LogP contribution in [-0.2, 0) is 11.2 Å². The normalized spacial score (nSPS) is 25.3. The highest BCUT2D eigenvalue weighted by atomic mass is 16.6. The predicted molar refractivity (Wildman–Crippen MR) is 132 cm³/mol. The van der Waals surface area contributed by atoms with Gasteiger partial charge in [0.05, 0.1) is 36.0 Å². The van der Waals surface area contributed by atoms with Gasteiger partial charge in [0.15, 0.2) is 11.5 Å². The minimum atomic E-state index is -0.823. The molecule has 0 bridgehead atoms. The quantitative estimate of drug-likeness (QED) is 0.570. The first-order valence-corrected chi connectivity index (χ1v) is 12.4. The molecular formula is C27H29N3O6. The lowest BCUT2D eigenvalue weighted by Gasteiger charge is -2.40. The molecule has 0 unspecified atom stereocenters. The molecule has 3 aromatic rings. The van der Waals surface area contributed by atoms with Crippen molar-refractivity contribution in [3.05, 3.63) is 48.2 Å². The summed E-state index contributed by atoms with van der Waals surface area (Å²) in [7, 11) is 1.59. The number of aryl methyl sites for hydroxylation is 1. The number of pyridine rings is 2. The average molecular weight is 492 g/mol. The van der Waals surface area contributed by atoms with Gasteiger partial charge < -0.3 is 24.1 Å². The highest BCUT2D eigenvalue weighted by molar-refractivity contribution is 5.90. The summed E-state index contributed by atoms with van der Waals surface area (Å²) in [4.78, 5) is 23.4. The van der Waals surface area contributed by atoms with Crippen LogP contribution >= 0.6 is 0 Å². The number of methoxy groups -OCH3 is 1. The number of rotatable bonds is 5. The van der Waals surface area contributed by atoms with Gasteiger partial charge in [-0.15, -0.1) is 0 Å². The van der Waals surface area contributed by atoms with E-state index < -0.39 is 11.2 Å². The third kappa shape index (κ3) is 4.17. The molecule has 1 saturated carbocycles. The second kappa shape index (κ2) is 8.81. The van der Waals surface area contributed by atoms with Crippen LogP contribution < -0.4 is 19.1 Å². The van der Waals surface area contributed by atoms with Gasteiger partial charge in [-0.3, -0.25) is 9.88 Å². The fourth-order valence-corrected chi connectivity index (χ4v) is 5.45. The number of benzene rings is 1. The Kier molecular flexibility index (Phi) is 5.59. The van der Waals surface area contributed by atoms with Gasteiger partial charge in [0.1, 0.15) is 18.8 Å². The second-order valence-corrected chi connectivity index (χ2v) is 9.88. The van der Waals surface area contributed by atoms with Gasteiger partial charge in [-0.2, -0.15) is 0 Å². The van der Waals surface area contributed by atoms with E-state index in [0.29, 0.717) is 75.7 Å². The molecule has 6 rings (SSSR count). The summed E-state index contributed by atoms with van der Waals surface area (Å²) in [5.41, 5.74) is 1.96. The third-order valence-electron chi connectivity index (χ3n) is 7.61. The molecular weight excluding hydrogens is 462 g/mol. The van der Waals surface area contributed by atoms with E-state index in [4.69, 9.17) is 18.9 Å². The molecule has 9 heteroatoms. The standard InChI is InChI=1S/C27H29N3O6/c1-33-23-5-3-20-24(29-23)18(7-13-28-20)6-8-26(32)9-11-27(12-10-26)17-30(25(31)36-27)19-2-4-21-22(16-19)35-15-14-34-21/h2-5,7,13,16,32H,6,8-12,14-15,17H2,1H3/t26-,27-. The maximum atomic E-state index is 12.8. The van der Waals surface area contributed by atoms with Crippen LogP contribution in [-0.4, -0.2) is 59.2 Å². The van der Waals surface area contributed by atoms with Gasteiger partial charge in [-0.1, -0.05) is 0 Å². The minimum Gasteiger partial charge on any atom is -0.486 e. The maximum Gasteiger partial charge on any atom is 0.415 e. The number of anilines is 1. The molecule has 1 aromatic carbocycles. The zero-order valence-corrected chi connectivity index (χ0v) is 20.2. The summed E-state index contributed by atoms with van der Waals surface area (Å²) >= 11 is 0. The van der Waals surface area contributed by atoms with Crippen molar-refractivity contribution >= 4 is 22.8 Å². The van der Waals surface area contributed by atoms with Crippen molar-refractivity contribution < 1.29 is 28.8 Å². The van der Waals surface area contributed by atoms with E-state index >= 15 is 0 Å². The summed E-state index contributed by atoms with van der Waals surface area (Å²) in [6.07, 6.45) is 5.03. The number of nitrogens with zero attached hydrogens (tertiary/aromatic N) is 3. The number of ether oxygens (including phenoxy) is 4. The lowest BCUT2D eigenvalue weighted by molar-refractivity contribution is -0.0695. The first kappa shape index (κ1) is 22.8. The van der Waals surface area contributed by atoms with E-state index in [1.54, 1.807) is 24.3 Å². The first-order valence-electron chi connectivity index (χ1n) is 12.4. The molecule has 1 spiro atoms. The third-order valence-corrected chi connectivity index (χ3v) is 7.61. The molecule has 1 aliphatic carbocycles. The van der Waals surface area contributed by atoms with Crippen LogP contribution in [0.4, 0.5) is 10.5 Å². The number of hydrogen-bond donors (Lipinski definition) is 1. The zero-order chi connectivity index (χ0) is 24.8. The monoisotopic (exact) mass is 491 g/mol. The Morgan fingerprint density at radius 2 is 1.86 bits per heavy atom. The lowest BCUT2D eigenvalue weighted by Crippen LogP contribution is -2.45. The lowest BCUT2D eigenvalue weighted by atomic mass is 9.73. The number of carbonyl (C=O) groups is 1. The van der Waals surface area contributed by atoms with E-state index in [0.717, 1.165) is 22.3 Å². The highest BCUT2D eigenvalue weighted by Crippen LogP contribution is 2.45. The molecule has 1 saturated heterocycles. The average Bonchev–Trinajstić information content (AvgIpc) is 3.24. The largest absolute Gasteiger partial charge is 0.486 e. The van der Waals surface area contributed by atoms with Gasteiger partial charge in [0.2, 0.25) is 5.88 Å². The number of hydrogen-bond acceptors (Lipinski definition) is 8. The van der Waals surface area contributed by atoms with Gasteiger partial charge in [0.25, 0.3) is 0 Å². The smallest absolute Gasteiger partial charge is 0.415 e. The molecule has 1 amide bonds. The highest BCUT2D eigenvalue weighted by Gasteiger charge is 2.50. The van der Waals surface area contributed by atoms with E-state index in [1.807, 2.05) is 30.3 Å². The van der Waals surface area contributed by atoms with Crippen molar-refractivity contribution in [1.82, 2.24) is 9.97 Å². The van der Waals surface area contributed by atoms with E-state index in [-0.39, 0.29) is 6.09 Å². The number of fused-ring (bicyclic) bond motifs is 2. The molecule has 3 aliphatic rings. The Bertz CT molecular complexity index is 1300. The Morgan fingerprint density at radius 1 is 1.06 bits per heavy atom.